The summed E-state index contributed by atoms with van der Waals surface area (Å²) < 4.78 is 0. The summed E-state index contributed by atoms with van der Waals surface area (Å²) in [5.41, 5.74) is 0.972. The van der Waals surface area contributed by atoms with E-state index >= 15 is 0 Å². The molecule has 2 N–H and O–H groups in total. The Labute approximate surface area is 68.9 Å². The Balaban J connectivity index is 3.04. The maximum Gasteiger partial charge on any atom is 0.133 e. The molecule has 0 aliphatic rings. The van der Waals surface area contributed by atoms with Gasteiger partial charge >= 0.3 is 0 Å². The second-order valence-electron chi connectivity index (χ2n) is 1.88. The second kappa shape index (κ2) is 3.23. The maximum absolute atomic E-state index is 5.71. The fourth-order valence-electron chi connectivity index (χ4n) is 0.553. The van der Waals surface area contributed by atoms with Crippen molar-refractivity contribution in [2.75, 3.05) is 0 Å². The Bertz CT molecular complexity index is 239. The highest BCUT2D eigenvalue weighted by molar-refractivity contribution is 7.97. The first-order valence-electron chi connectivity index (χ1n) is 2.74. The van der Waals surface area contributed by atoms with E-state index < -0.39 is 0 Å². The van der Waals surface area contributed by atoms with Crippen LogP contribution in [-0.2, 0) is 0 Å². The summed E-state index contributed by atoms with van der Waals surface area (Å²) in [6.07, 6.45) is 0. The molecule has 10 heavy (non-hydrogen) atoms. The lowest BCUT2D eigenvalue weighted by atomic mass is 10.3. The first kappa shape index (κ1) is 7.85. The molecule has 0 saturated carbocycles. The van der Waals surface area contributed by atoms with Crippen LogP contribution < -0.4 is 5.14 Å². The molecule has 0 aromatic carbocycles. The quantitative estimate of drug-likeness (QED) is 0.523. The lowest BCUT2D eigenvalue weighted by molar-refractivity contribution is 1.11. The highest BCUT2D eigenvalue weighted by atomic mass is 35.5. The van der Waals surface area contributed by atoms with Gasteiger partial charge in [-0.25, -0.2) is 4.98 Å². The normalized spacial score (nSPS) is 9.90. The second-order valence-corrected chi connectivity index (χ2v) is 2.89. The van der Waals surface area contributed by atoms with Crippen molar-refractivity contribution in [2.45, 2.75) is 11.9 Å². The van der Waals surface area contributed by atoms with E-state index in [1.165, 1.54) is 0 Å². The van der Waals surface area contributed by atoms with E-state index in [4.69, 9.17) is 16.7 Å². The molecule has 0 atom stereocenters. The topological polar surface area (TPSA) is 38.9 Å². The van der Waals surface area contributed by atoms with Crippen molar-refractivity contribution in [3.63, 3.8) is 0 Å². The lowest BCUT2D eigenvalue weighted by Crippen LogP contribution is -1.86. The minimum absolute atomic E-state index is 0.524. The molecule has 1 heterocycles. The Hall–Kier alpha value is -0.250. The van der Waals surface area contributed by atoms with Crippen LogP contribution in [0.15, 0.2) is 17.2 Å². The smallest absolute Gasteiger partial charge is 0.133 e. The molecule has 0 saturated heterocycles. The van der Waals surface area contributed by atoms with Gasteiger partial charge in [-0.2, -0.15) is 0 Å². The molecule has 2 nitrogen and oxygen atoms in total. The third-order valence-corrected chi connectivity index (χ3v) is 1.98. The van der Waals surface area contributed by atoms with Crippen molar-refractivity contribution >= 4 is 23.5 Å². The average Bonchev–Trinajstić information content (AvgIpc) is 1.95. The third kappa shape index (κ3) is 1.62. The third-order valence-electron chi connectivity index (χ3n) is 1.13. The van der Waals surface area contributed by atoms with Crippen molar-refractivity contribution in [3.8, 4) is 0 Å². The van der Waals surface area contributed by atoms with Crippen molar-refractivity contribution in [2.24, 2.45) is 5.14 Å². The summed E-state index contributed by atoms with van der Waals surface area (Å²) in [7, 11) is 0. The molecule has 0 aliphatic carbocycles. The number of halogens is 1. The first-order valence-corrected chi connectivity index (χ1v) is 3.99. The largest absolute Gasteiger partial charge is 0.272 e. The molecule has 1 rings (SSSR count). The summed E-state index contributed by atoms with van der Waals surface area (Å²) in [5.74, 6) is 0. The zero-order valence-electron chi connectivity index (χ0n) is 5.47. The molecule has 4 heteroatoms. The van der Waals surface area contributed by atoms with Crippen LogP contribution in [-0.4, -0.2) is 4.98 Å². The standard InChI is InChI=1S/C6H7ClN2S/c1-4-2-3-5(10-8)9-6(4)7/h2-3H,8H2,1H3. The molecule has 0 unspecified atom stereocenters. The van der Waals surface area contributed by atoms with Crippen LogP contribution >= 0.6 is 23.5 Å². The zero-order valence-corrected chi connectivity index (χ0v) is 7.04. The van der Waals surface area contributed by atoms with Gasteiger partial charge in [-0.3, -0.25) is 5.14 Å². The van der Waals surface area contributed by atoms with Gasteiger partial charge in [-0.05, 0) is 30.5 Å². The monoisotopic (exact) mass is 174 g/mol. The van der Waals surface area contributed by atoms with Crippen molar-refractivity contribution < 1.29 is 0 Å². The Morgan fingerprint density at radius 2 is 2.30 bits per heavy atom. The van der Waals surface area contributed by atoms with Crippen LogP contribution in [0.4, 0.5) is 0 Å². The summed E-state index contributed by atoms with van der Waals surface area (Å²) in [6.45, 7) is 1.90. The van der Waals surface area contributed by atoms with E-state index in [2.05, 4.69) is 4.98 Å². The fourth-order valence-corrected chi connectivity index (χ4v) is 1.05. The highest BCUT2D eigenvalue weighted by Crippen LogP contribution is 2.16. The number of aromatic nitrogens is 1. The minimum atomic E-state index is 0.524. The van der Waals surface area contributed by atoms with E-state index in [0.717, 1.165) is 22.5 Å². The fraction of sp³-hybridized carbons (Fsp3) is 0.167. The number of hydrogen-bond donors (Lipinski definition) is 1. The van der Waals surface area contributed by atoms with Gasteiger partial charge in [-0.15, -0.1) is 0 Å². The predicted octanol–water partition coefficient (Wildman–Crippen LogP) is 2.01. The molecule has 0 aliphatic heterocycles. The first-order chi connectivity index (χ1) is 4.74. The van der Waals surface area contributed by atoms with Gasteiger partial charge < -0.3 is 0 Å². The molecule has 1 aromatic rings. The minimum Gasteiger partial charge on any atom is -0.272 e. The number of nitrogens with two attached hydrogens (primary N) is 1. The summed E-state index contributed by atoms with van der Waals surface area (Å²) in [4.78, 5) is 3.99. The zero-order chi connectivity index (χ0) is 7.56. The molecule has 0 bridgehead atoms. The van der Waals surface area contributed by atoms with Crippen LogP contribution in [0.3, 0.4) is 0 Å². The molecule has 0 spiro atoms. The SMILES string of the molecule is Cc1ccc(SN)nc1Cl. The lowest BCUT2D eigenvalue weighted by Gasteiger charge is -1.97. The number of nitrogens with zero attached hydrogens (tertiary/aromatic N) is 1. The van der Waals surface area contributed by atoms with Gasteiger partial charge in [-0.1, -0.05) is 17.7 Å². The van der Waals surface area contributed by atoms with Gasteiger partial charge in [0.05, 0.1) is 0 Å². The van der Waals surface area contributed by atoms with E-state index in [1.807, 2.05) is 19.1 Å². The molecule has 0 fully saturated rings. The predicted molar refractivity (Wildman–Crippen MR) is 44.0 cm³/mol. The maximum atomic E-state index is 5.71. The van der Waals surface area contributed by atoms with Crippen LogP contribution in [0.2, 0.25) is 5.15 Å². The Morgan fingerprint density at radius 1 is 1.60 bits per heavy atom. The highest BCUT2D eigenvalue weighted by Gasteiger charge is 1.96. The van der Waals surface area contributed by atoms with Gasteiger partial charge in [0.1, 0.15) is 10.2 Å². The average molecular weight is 175 g/mol. The van der Waals surface area contributed by atoms with Gasteiger partial charge in [0.15, 0.2) is 0 Å². The van der Waals surface area contributed by atoms with E-state index in [0.29, 0.717) is 5.15 Å². The van der Waals surface area contributed by atoms with Crippen LogP contribution in [0.25, 0.3) is 0 Å². The van der Waals surface area contributed by atoms with E-state index in [-0.39, 0.29) is 0 Å². The van der Waals surface area contributed by atoms with Crippen molar-refractivity contribution in [3.05, 3.63) is 22.8 Å². The molecule has 54 valence electrons. The van der Waals surface area contributed by atoms with Crippen molar-refractivity contribution in [1.29, 1.82) is 0 Å². The van der Waals surface area contributed by atoms with E-state index in [1.54, 1.807) is 0 Å². The number of rotatable bonds is 1. The van der Waals surface area contributed by atoms with Gasteiger partial charge in [0.2, 0.25) is 0 Å². The van der Waals surface area contributed by atoms with Gasteiger partial charge in [0.25, 0.3) is 0 Å². The number of hydrogen-bond acceptors (Lipinski definition) is 3. The molecule has 1 aromatic heterocycles. The van der Waals surface area contributed by atoms with E-state index in [9.17, 15) is 0 Å². The molecule has 0 radical (unpaired) electrons. The Kier molecular flexibility index (Phi) is 2.54. The van der Waals surface area contributed by atoms with Gasteiger partial charge in [0, 0.05) is 0 Å². The Morgan fingerprint density at radius 3 is 2.80 bits per heavy atom. The molecular weight excluding hydrogens is 168 g/mol. The number of aryl methyl sites for hydroxylation is 1. The van der Waals surface area contributed by atoms with Crippen LogP contribution in [0.5, 0.6) is 0 Å². The van der Waals surface area contributed by atoms with Crippen molar-refractivity contribution in [1.82, 2.24) is 4.98 Å². The van der Waals surface area contributed by atoms with Crippen LogP contribution in [0.1, 0.15) is 5.56 Å². The molecule has 0 amide bonds. The summed E-state index contributed by atoms with van der Waals surface area (Å²) in [6, 6.07) is 3.73. The van der Waals surface area contributed by atoms with Crippen LogP contribution in [0, 0.1) is 6.92 Å². The molecular formula is C6H7ClN2S. The number of pyridine rings is 1. The summed E-state index contributed by atoms with van der Waals surface area (Å²) >= 11 is 6.81. The summed E-state index contributed by atoms with van der Waals surface area (Å²) in [5, 5.41) is 6.53.